The van der Waals surface area contributed by atoms with Crippen LogP contribution in [-0.4, -0.2) is 33.1 Å². The Bertz CT molecular complexity index is 742. The van der Waals surface area contributed by atoms with Gasteiger partial charge in [0.1, 0.15) is 0 Å². The van der Waals surface area contributed by atoms with Crippen molar-refractivity contribution in [1.29, 1.82) is 0 Å². The van der Waals surface area contributed by atoms with Gasteiger partial charge in [0, 0.05) is 5.92 Å². The topological polar surface area (TPSA) is 60.7 Å². The molecule has 33 heavy (non-hydrogen) atoms. The molecular weight excluding hydrogens is 408 g/mol. The van der Waals surface area contributed by atoms with Crippen molar-refractivity contribution in [2.75, 3.05) is 0 Å². The largest absolute Gasteiger partial charge is 0.392 e. The van der Waals surface area contributed by atoms with Crippen LogP contribution in [0, 0.1) is 29.1 Å². The van der Waals surface area contributed by atoms with E-state index in [2.05, 4.69) is 39.5 Å². The van der Waals surface area contributed by atoms with Gasteiger partial charge in [-0.15, -0.1) is 0 Å². The molecule has 3 saturated carbocycles. The Labute approximate surface area is 203 Å². The number of fused-ring (bicyclic) bond motifs is 1. The SMILES string of the molecule is C=C1/C(=C\C=C2/CCC[C@]3(C)[C@@H]([C@H](C)CCCC(C)(C)O)CC[C@@H]23)C[C@@H](O)[C@@H](CCC)[C@@H]1O. The average Bonchev–Trinajstić information content (AvgIpc) is 3.09. The number of aliphatic hydroxyl groups excluding tert-OH is 2. The first-order chi connectivity index (χ1) is 15.5. The van der Waals surface area contributed by atoms with Gasteiger partial charge in [0.2, 0.25) is 0 Å². The molecule has 0 saturated heterocycles. The minimum atomic E-state index is -0.629. The summed E-state index contributed by atoms with van der Waals surface area (Å²) < 4.78 is 0. The van der Waals surface area contributed by atoms with E-state index >= 15 is 0 Å². The third-order valence-electron chi connectivity index (χ3n) is 9.39. The molecule has 188 valence electrons. The van der Waals surface area contributed by atoms with E-state index in [-0.39, 0.29) is 5.92 Å². The van der Waals surface area contributed by atoms with Gasteiger partial charge in [-0.2, -0.15) is 0 Å². The summed E-state index contributed by atoms with van der Waals surface area (Å²) in [7, 11) is 0. The van der Waals surface area contributed by atoms with Crippen molar-refractivity contribution in [3.8, 4) is 0 Å². The molecule has 3 rings (SSSR count). The second-order valence-electron chi connectivity index (χ2n) is 12.4. The summed E-state index contributed by atoms with van der Waals surface area (Å²) in [5.41, 5.74) is 3.20. The fraction of sp³-hybridized carbons (Fsp3) is 0.800. The van der Waals surface area contributed by atoms with Crippen molar-refractivity contribution in [1.82, 2.24) is 0 Å². The molecule has 0 unspecified atom stereocenters. The number of allylic oxidation sites excluding steroid dienone is 3. The number of hydrogen-bond acceptors (Lipinski definition) is 3. The van der Waals surface area contributed by atoms with Gasteiger partial charge in [0.05, 0.1) is 17.8 Å². The molecule has 0 aliphatic heterocycles. The molecule has 3 aliphatic carbocycles. The molecule has 0 bridgehead atoms. The molecule has 0 aromatic heterocycles. The maximum atomic E-state index is 10.7. The molecule has 0 aromatic carbocycles. The van der Waals surface area contributed by atoms with Gasteiger partial charge >= 0.3 is 0 Å². The Hall–Kier alpha value is -0.900. The number of aliphatic hydroxyl groups is 3. The van der Waals surface area contributed by atoms with Crippen molar-refractivity contribution in [2.45, 2.75) is 123 Å². The highest BCUT2D eigenvalue weighted by Crippen LogP contribution is 2.60. The van der Waals surface area contributed by atoms with Gasteiger partial charge in [0.15, 0.2) is 0 Å². The quantitative estimate of drug-likeness (QED) is 0.378. The summed E-state index contributed by atoms with van der Waals surface area (Å²) in [6.45, 7) is 15.1. The van der Waals surface area contributed by atoms with Crippen LogP contribution in [0.2, 0.25) is 0 Å². The lowest BCUT2D eigenvalue weighted by Gasteiger charge is -2.44. The van der Waals surface area contributed by atoms with Crippen molar-refractivity contribution in [3.05, 3.63) is 35.5 Å². The van der Waals surface area contributed by atoms with Crippen molar-refractivity contribution >= 4 is 0 Å². The smallest absolute Gasteiger partial charge is 0.0839 e. The lowest BCUT2D eigenvalue weighted by molar-refractivity contribution is 0.0138. The van der Waals surface area contributed by atoms with E-state index in [0.29, 0.717) is 23.7 Å². The van der Waals surface area contributed by atoms with Crippen molar-refractivity contribution < 1.29 is 15.3 Å². The lowest BCUT2D eigenvalue weighted by atomic mass is 9.60. The lowest BCUT2D eigenvalue weighted by Crippen LogP contribution is -2.38. The Balaban J connectivity index is 1.70. The molecule has 3 heteroatoms. The predicted molar refractivity (Wildman–Crippen MR) is 138 cm³/mol. The maximum absolute atomic E-state index is 10.7. The van der Waals surface area contributed by atoms with Gasteiger partial charge in [-0.05, 0) is 99.5 Å². The zero-order valence-corrected chi connectivity index (χ0v) is 21.9. The first kappa shape index (κ1) is 26.7. The van der Waals surface area contributed by atoms with Gasteiger partial charge in [-0.25, -0.2) is 0 Å². The Morgan fingerprint density at radius 1 is 1.21 bits per heavy atom. The summed E-state index contributed by atoms with van der Waals surface area (Å²) in [5, 5.41) is 31.4. The first-order valence-electron chi connectivity index (χ1n) is 13.6. The number of hydrogen-bond donors (Lipinski definition) is 3. The zero-order chi connectivity index (χ0) is 24.4. The first-order valence-corrected chi connectivity index (χ1v) is 13.6. The van der Waals surface area contributed by atoms with Crippen molar-refractivity contribution in [3.63, 3.8) is 0 Å². The molecule has 3 fully saturated rings. The maximum Gasteiger partial charge on any atom is 0.0839 e. The molecule has 0 aromatic rings. The monoisotopic (exact) mass is 458 g/mol. The van der Waals surface area contributed by atoms with Crippen LogP contribution in [0.25, 0.3) is 0 Å². The van der Waals surface area contributed by atoms with E-state index in [1.165, 1.54) is 38.5 Å². The van der Waals surface area contributed by atoms with Crippen LogP contribution in [0.15, 0.2) is 35.5 Å². The summed E-state index contributed by atoms with van der Waals surface area (Å²) in [6, 6.07) is 0. The molecule has 0 spiro atoms. The van der Waals surface area contributed by atoms with Crippen LogP contribution >= 0.6 is 0 Å². The molecular formula is C30H50O3. The van der Waals surface area contributed by atoms with Gasteiger partial charge in [-0.3, -0.25) is 0 Å². The normalized spacial score (nSPS) is 38.7. The van der Waals surface area contributed by atoms with Crippen LogP contribution < -0.4 is 0 Å². The van der Waals surface area contributed by atoms with Gasteiger partial charge in [-0.1, -0.05) is 64.3 Å². The third kappa shape index (κ3) is 6.03. The summed E-state index contributed by atoms with van der Waals surface area (Å²) in [4.78, 5) is 0. The van der Waals surface area contributed by atoms with Crippen molar-refractivity contribution in [2.24, 2.45) is 29.1 Å². The molecule has 7 atom stereocenters. The summed E-state index contributed by atoms with van der Waals surface area (Å²) >= 11 is 0. The van der Waals surface area contributed by atoms with Crippen LogP contribution in [0.4, 0.5) is 0 Å². The fourth-order valence-electron chi connectivity index (χ4n) is 7.50. The van der Waals surface area contributed by atoms with Crippen LogP contribution in [-0.2, 0) is 0 Å². The molecule has 3 N–H and O–H groups in total. The highest BCUT2D eigenvalue weighted by atomic mass is 16.3. The Kier molecular flexibility index (Phi) is 8.73. The van der Waals surface area contributed by atoms with E-state index in [1.54, 1.807) is 5.57 Å². The fourth-order valence-corrected chi connectivity index (χ4v) is 7.50. The predicted octanol–water partition coefficient (Wildman–Crippen LogP) is 6.73. The van der Waals surface area contributed by atoms with Gasteiger partial charge in [0.25, 0.3) is 0 Å². The highest BCUT2D eigenvalue weighted by Gasteiger charge is 2.50. The van der Waals surface area contributed by atoms with E-state index in [4.69, 9.17) is 0 Å². The van der Waals surface area contributed by atoms with Crippen LogP contribution in [0.3, 0.4) is 0 Å². The van der Waals surface area contributed by atoms with Gasteiger partial charge < -0.3 is 15.3 Å². The molecule has 0 radical (unpaired) electrons. The van der Waals surface area contributed by atoms with Crippen LogP contribution in [0.5, 0.6) is 0 Å². The minimum Gasteiger partial charge on any atom is -0.392 e. The average molecular weight is 459 g/mol. The third-order valence-corrected chi connectivity index (χ3v) is 9.39. The van der Waals surface area contributed by atoms with Crippen LogP contribution in [0.1, 0.15) is 105 Å². The zero-order valence-electron chi connectivity index (χ0n) is 21.9. The Morgan fingerprint density at radius 3 is 2.61 bits per heavy atom. The molecule has 3 nitrogen and oxygen atoms in total. The highest BCUT2D eigenvalue weighted by molar-refractivity contribution is 5.39. The second kappa shape index (κ2) is 10.8. The van der Waals surface area contributed by atoms with E-state index in [1.807, 2.05) is 13.8 Å². The molecule has 0 amide bonds. The Morgan fingerprint density at radius 2 is 1.94 bits per heavy atom. The summed E-state index contributed by atoms with van der Waals surface area (Å²) in [5.74, 6) is 2.01. The molecule has 0 heterocycles. The second-order valence-corrected chi connectivity index (χ2v) is 12.4. The summed E-state index contributed by atoms with van der Waals surface area (Å²) in [6.07, 6.45) is 15.3. The molecule has 3 aliphatic rings. The standard InChI is InChI=1S/C30H50O3/c1-7-10-24-27(31)19-23(21(3)28(24)32)14-13-22-12-9-18-30(6)25(15-16-26(22)30)20(2)11-8-17-29(4,5)33/h13-14,20,24-28,31-33H,3,7-12,15-19H2,1-2,4-6H3/b22-13+,23-14-/t20-,24-,25-,26+,27-,28-,30-/m1/s1. The van der Waals surface area contributed by atoms with E-state index < -0.39 is 17.8 Å². The minimum absolute atomic E-state index is 0.0845. The van der Waals surface area contributed by atoms with E-state index in [0.717, 1.165) is 42.7 Å². The van der Waals surface area contributed by atoms with E-state index in [9.17, 15) is 15.3 Å². The number of rotatable bonds is 8.